The van der Waals surface area contributed by atoms with Crippen molar-refractivity contribution in [2.45, 2.75) is 35.1 Å². The zero-order valence-corrected chi connectivity index (χ0v) is 10.9. The second kappa shape index (κ2) is 6.72. The lowest BCUT2D eigenvalue weighted by atomic mass is 10.1. The van der Waals surface area contributed by atoms with Gasteiger partial charge in [0.2, 0.25) is 5.90 Å². The Balaban J connectivity index is 4.46. The molecule has 0 heterocycles. The summed E-state index contributed by atoms with van der Waals surface area (Å²) in [7, 11) is 0. The Morgan fingerprint density at radius 2 is 1.76 bits per heavy atom. The Kier molecular flexibility index (Phi) is 6.68. The highest BCUT2D eigenvalue weighted by Crippen LogP contribution is 2.28. The largest absolute Gasteiger partial charge is 0.472 e. The van der Waals surface area contributed by atoms with Crippen molar-refractivity contribution in [3.05, 3.63) is 0 Å². The Bertz CT molecular complexity index is 283. The van der Waals surface area contributed by atoms with Crippen LogP contribution in [0.5, 0.6) is 0 Å². The van der Waals surface area contributed by atoms with Crippen molar-refractivity contribution in [2.24, 2.45) is 0 Å². The van der Waals surface area contributed by atoms with Crippen LogP contribution in [0.4, 0.5) is 0 Å². The van der Waals surface area contributed by atoms with E-state index in [1.54, 1.807) is 0 Å². The number of aliphatic hydroxyl groups excluding tert-OH is 3. The fourth-order valence-electron chi connectivity index (χ4n) is 0.883. The molecule has 0 spiro atoms. The zero-order chi connectivity index (χ0) is 13.8. The van der Waals surface area contributed by atoms with Gasteiger partial charge in [0.05, 0.1) is 0 Å². The van der Waals surface area contributed by atoms with E-state index in [2.05, 4.69) is 0 Å². The van der Waals surface area contributed by atoms with Gasteiger partial charge in [0.25, 0.3) is 3.79 Å². The average molecular weight is 309 g/mol. The van der Waals surface area contributed by atoms with Gasteiger partial charge >= 0.3 is 0 Å². The fourth-order valence-corrected chi connectivity index (χ4v) is 1.02. The van der Waals surface area contributed by atoms with E-state index in [-0.39, 0.29) is 6.29 Å². The number of nitrogens with one attached hydrogen (secondary N) is 1. The number of alkyl halides is 3. The molecule has 0 fully saturated rings. The van der Waals surface area contributed by atoms with E-state index in [0.29, 0.717) is 0 Å². The number of carbonyl (C=O) groups is 1. The fraction of sp³-hybridized carbons (Fsp3) is 0.750. The number of halogens is 3. The Morgan fingerprint density at radius 3 is 2.12 bits per heavy atom. The van der Waals surface area contributed by atoms with E-state index in [0.717, 1.165) is 0 Å². The molecule has 17 heavy (non-hydrogen) atoms. The number of hydrogen-bond donors (Lipinski definition) is 4. The molecule has 0 amide bonds. The molecule has 0 aromatic heterocycles. The van der Waals surface area contributed by atoms with Crippen molar-refractivity contribution in [3.63, 3.8) is 0 Å². The SMILES string of the molecule is C[C@H](OC(=N)C(Cl)(Cl)Cl)[C@H](O)[C@@H](O)[C@@H](O)C=O. The second-order valence-corrected chi connectivity index (χ2v) is 5.54. The highest BCUT2D eigenvalue weighted by molar-refractivity contribution is 6.76. The molecule has 6 nitrogen and oxygen atoms in total. The van der Waals surface area contributed by atoms with Crippen LogP contribution >= 0.6 is 34.8 Å². The molecule has 0 radical (unpaired) electrons. The molecular formula is C8H12Cl3NO5. The molecule has 4 atom stereocenters. The third-order valence-corrected chi connectivity index (χ3v) is 2.40. The van der Waals surface area contributed by atoms with E-state index < -0.39 is 34.1 Å². The van der Waals surface area contributed by atoms with E-state index in [9.17, 15) is 15.0 Å². The molecule has 0 saturated carbocycles. The van der Waals surface area contributed by atoms with Gasteiger partial charge in [0.15, 0.2) is 6.29 Å². The first-order chi connectivity index (χ1) is 7.61. The molecule has 0 aromatic rings. The lowest BCUT2D eigenvalue weighted by Gasteiger charge is -2.27. The minimum atomic E-state index is -2.10. The van der Waals surface area contributed by atoms with Gasteiger partial charge in [0, 0.05) is 0 Å². The van der Waals surface area contributed by atoms with Gasteiger partial charge in [-0.05, 0) is 6.92 Å². The first kappa shape index (κ1) is 16.9. The maximum absolute atomic E-state index is 10.2. The van der Waals surface area contributed by atoms with Crippen LogP contribution in [0.15, 0.2) is 0 Å². The molecule has 0 aromatic carbocycles. The van der Waals surface area contributed by atoms with Crippen LogP contribution in [0.3, 0.4) is 0 Å². The molecule has 0 aliphatic rings. The van der Waals surface area contributed by atoms with Crippen molar-refractivity contribution in [3.8, 4) is 0 Å². The van der Waals surface area contributed by atoms with Crippen molar-refractivity contribution in [1.29, 1.82) is 5.41 Å². The molecule has 0 unspecified atom stereocenters. The molecule has 0 rings (SSSR count). The number of aldehydes is 1. The van der Waals surface area contributed by atoms with Crippen LogP contribution in [0.1, 0.15) is 6.92 Å². The molecule has 4 N–H and O–H groups in total. The summed E-state index contributed by atoms with van der Waals surface area (Å²) in [6.45, 7) is 1.27. The third-order valence-electron chi connectivity index (χ3n) is 1.88. The number of hydrogen-bond acceptors (Lipinski definition) is 6. The number of ether oxygens (including phenoxy) is 1. The molecule has 0 aliphatic heterocycles. The van der Waals surface area contributed by atoms with Crippen molar-refractivity contribution < 1.29 is 24.9 Å². The van der Waals surface area contributed by atoms with Gasteiger partial charge in [-0.3, -0.25) is 5.41 Å². The van der Waals surface area contributed by atoms with Crippen molar-refractivity contribution in [1.82, 2.24) is 0 Å². The second-order valence-electron chi connectivity index (χ2n) is 3.26. The van der Waals surface area contributed by atoms with Gasteiger partial charge in [-0.15, -0.1) is 0 Å². The van der Waals surface area contributed by atoms with Crippen LogP contribution in [0, 0.1) is 5.41 Å². The molecule has 0 bridgehead atoms. The maximum Gasteiger partial charge on any atom is 0.265 e. The van der Waals surface area contributed by atoms with E-state index in [1.165, 1.54) is 6.92 Å². The smallest absolute Gasteiger partial charge is 0.265 e. The highest BCUT2D eigenvalue weighted by Gasteiger charge is 2.35. The average Bonchev–Trinajstić information content (AvgIpc) is 2.24. The molecular weight excluding hydrogens is 296 g/mol. The van der Waals surface area contributed by atoms with E-state index >= 15 is 0 Å². The number of rotatable bonds is 5. The Labute approximate surface area is 113 Å². The monoisotopic (exact) mass is 307 g/mol. The first-order valence-corrected chi connectivity index (χ1v) is 5.56. The zero-order valence-electron chi connectivity index (χ0n) is 8.68. The van der Waals surface area contributed by atoms with E-state index in [1.807, 2.05) is 0 Å². The summed E-state index contributed by atoms with van der Waals surface area (Å²) in [5.74, 6) is -0.748. The summed E-state index contributed by atoms with van der Waals surface area (Å²) in [6.07, 6.45) is -6.24. The lowest BCUT2D eigenvalue weighted by molar-refractivity contribution is -0.131. The summed E-state index contributed by atoms with van der Waals surface area (Å²) in [5.41, 5.74) is 0. The summed E-state index contributed by atoms with van der Waals surface area (Å²) < 4.78 is 2.65. The number of aliphatic hydroxyl groups is 3. The summed E-state index contributed by atoms with van der Waals surface area (Å²) in [4.78, 5) is 10.2. The topological polar surface area (TPSA) is 111 Å². The van der Waals surface area contributed by atoms with Crippen LogP contribution < -0.4 is 0 Å². The van der Waals surface area contributed by atoms with Gasteiger partial charge < -0.3 is 24.9 Å². The quantitative estimate of drug-likeness (QED) is 0.248. The van der Waals surface area contributed by atoms with Gasteiger partial charge in [0.1, 0.15) is 24.4 Å². The Morgan fingerprint density at radius 1 is 1.29 bits per heavy atom. The normalized spacial score (nSPS) is 19.0. The van der Waals surface area contributed by atoms with E-state index in [4.69, 9.17) is 50.1 Å². The van der Waals surface area contributed by atoms with Crippen molar-refractivity contribution in [2.75, 3.05) is 0 Å². The third kappa shape index (κ3) is 5.37. The van der Waals surface area contributed by atoms with Crippen LogP contribution in [-0.4, -0.2) is 55.7 Å². The lowest BCUT2D eigenvalue weighted by Crippen LogP contribution is -2.46. The summed E-state index contributed by atoms with van der Waals surface area (Å²) >= 11 is 16.0. The summed E-state index contributed by atoms with van der Waals surface area (Å²) in [6, 6.07) is 0. The van der Waals surface area contributed by atoms with Gasteiger partial charge in [-0.2, -0.15) is 0 Å². The van der Waals surface area contributed by atoms with Crippen LogP contribution in [0.25, 0.3) is 0 Å². The first-order valence-electron chi connectivity index (χ1n) is 4.43. The predicted molar refractivity (Wildman–Crippen MR) is 62.6 cm³/mol. The van der Waals surface area contributed by atoms with Crippen LogP contribution in [-0.2, 0) is 9.53 Å². The van der Waals surface area contributed by atoms with Crippen LogP contribution in [0.2, 0.25) is 0 Å². The predicted octanol–water partition coefficient (Wildman–Crippen LogP) is 0.0206. The minimum absolute atomic E-state index is 0.0564. The number of carbonyl (C=O) groups excluding carboxylic acids is 1. The molecule has 9 heteroatoms. The summed E-state index contributed by atoms with van der Waals surface area (Å²) in [5, 5.41) is 35.0. The molecule has 0 saturated heterocycles. The molecule has 0 aliphatic carbocycles. The highest BCUT2D eigenvalue weighted by atomic mass is 35.6. The van der Waals surface area contributed by atoms with Gasteiger partial charge in [-0.1, -0.05) is 34.8 Å². The Hall–Kier alpha value is -0.110. The van der Waals surface area contributed by atoms with Gasteiger partial charge in [-0.25, -0.2) is 0 Å². The maximum atomic E-state index is 10.2. The minimum Gasteiger partial charge on any atom is -0.472 e. The van der Waals surface area contributed by atoms with Crippen molar-refractivity contribution >= 4 is 47.0 Å². The standard InChI is InChI=1S/C8H12Cl3NO5/c1-3(17-7(12)8(9,10)11)5(15)6(16)4(14)2-13/h2-6,12,14-16H,1H3/t3-,4-,5-,6-/m0/s1. The molecule has 100 valence electrons.